The fourth-order valence-corrected chi connectivity index (χ4v) is 3.13. The minimum atomic E-state index is 0.333. The van der Waals surface area contributed by atoms with Crippen molar-refractivity contribution in [1.29, 1.82) is 0 Å². The smallest absolute Gasteiger partial charge is 0.134 e. The van der Waals surface area contributed by atoms with E-state index in [4.69, 9.17) is 4.42 Å². The van der Waals surface area contributed by atoms with Gasteiger partial charge in [-0.2, -0.15) is 0 Å². The first kappa shape index (κ1) is 16.1. The average molecular weight is 287 g/mol. The summed E-state index contributed by atoms with van der Waals surface area (Å²) in [4.78, 5) is 0. The van der Waals surface area contributed by atoms with Gasteiger partial charge in [-0.15, -0.1) is 0 Å². The second-order valence-corrected chi connectivity index (χ2v) is 6.04. The molecule has 0 fully saturated rings. The number of nitrogens with one attached hydrogen (secondary N) is 1. The summed E-state index contributed by atoms with van der Waals surface area (Å²) in [5.41, 5.74) is 2.29. The number of rotatable bonds is 8. The van der Waals surface area contributed by atoms with E-state index >= 15 is 0 Å². The minimum absolute atomic E-state index is 0.333. The van der Waals surface area contributed by atoms with Crippen molar-refractivity contribution in [3.8, 4) is 0 Å². The normalized spacial score (nSPS) is 14.5. The van der Waals surface area contributed by atoms with Gasteiger partial charge in [0.2, 0.25) is 0 Å². The molecule has 2 atom stereocenters. The van der Waals surface area contributed by atoms with Gasteiger partial charge in [0.1, 0.15) is 11.3 Å². The highest BCUT2D eigenvalue weighted by molar-refractivity contribution is 5.78. The molecule has 1 aromatic carbocycles. The van der Waals surface area contributed by atoms with Crippen molar-refractivity contribution in [2.75, 3.05) is 6.54 Å². The molecule has 0 aliphatic carbocycles. The van der Waals surface area contributed by atoms with Crippen molar-refractivity contribution in [1.82, 2.24) is 5.32 Å². The van der Waals surface area contributed by atoms with Crippen molar-refractivity contribution in [3.63, 3.8) is 0 Å². The zero-order chi connectivity index (χ0) is 15.2. The largest absolute Gasteiger partial charge is 0.459 e. The molecule has 0 aliphatic heterocycles. The maximum Gasteiger partial charge on any atom is 0.134 e. The third-order valence-corrected chi connectivity index (χ3v) is 4.35. The summed E-state index contributed by atoms with van der Waals surface area (Å²) >= 11 is 0. The highest BCUT2D eigenvalue weighted by Gasteiger charge is 2.24. The third kappa shape index (κ3) is 3.88. The van der Waals surface area contributed by atoms with Crippen LogP contribution in [-0.4, -0.2) is 6.54 Å². The molecule has 2 heteroatoms. The van der Waals surface area contributed by atoms with Crippen LogP contribution in [0.2, 0.25) is 0 Å². The summed E-state index contributed by atoms with van der Waals surface area (Å²) in [5.74, 6) is 1.74. The molecule has 0 spiro atoms. The lowest BCUT2D eigenvalue weighted by atomic mass is 9.89. The summed E-state index contributed by atoms with van der Waals surface area (Å²) in [6.45, 7) is 9.83. The molecule has 2 unspecified atom stereocenters. The van der Waals surface area contributed by atoms with Gasteiger partial charge in [0.25, 0.3) is 0 Å². The monoisotopic (exact) mass is 287 g/mol. The van der Waals surface area contributed by atoms with Crippen molar-refractivity contribution in [3.05, 3.63) is 35.6 Å². The van der Waals surface area contributed by atoms with Crippen LogP contribution in [0.25, 0.3) is 11.0 Å². The van der Waals surface area contributed by atoms with Crippen LogP contribution in [0.5, 0.6) is 0 Å². The Morgan fingerprint density at radius 3 is 2.62 bits per heavy atom. The van der Waals surface area contributed by atoms with E-state index in [1.807, 2.05) is 0 Å². The Morgan fingerprint density at radius 2 is 1.95 bits per heavy atom. The molecule has 0 aliphatic rings. The summed E-state index contributed by atoms with van der Waals surface area (Å²) in [6.07, 6.45) is 5.00. The maximum absolute atomic E-state index is 6.14. The topological polar surface area (TPSA) is 25.2 Å². The Morgan fingerprint density at radius 1 is 1.14 bits per heavy atom. The van der Waals surface area contributed by atoms with Crippen LogP contribution in [0.15, 0.2) is 28.7 Å². The molecule has 2 nitrogen and oxygen atoms in total. The van der Waals surface area contributed by atoms with Crippen LogP contribution in [0, 0.1) is 12.8 Å². The average Bonchev–Trinajstić information content (AvgIpc) is 2.89. The van der Waals surface area contributed by atoms with E-state index in [1.54, 1.807) is 0 Å². The van der Waals surface area contributed by atoms with E-state index in [0.717, 1.165) is 17.9 Å². The molecule has 0 saturated heterocycles. The molecule has 2 rings (SSSR count). The summed E-state index contributed by atoms with van der Waals surface area (Å²) < 4.78 is 6.14. The highest BCUT2D eigenvalue weighted by atomic mass is 16.3. The van der Waals surface area contributed by atoms with Crippen LogP contribution in [0.1, 0.15) is 63.8 Å². The number of aryl methyl sites for hydroxylation is 1. The fraction of sp³-hybridized carbons (Fsp3) is 0.579. The lowest BCUT2D eigenvalue weighted by Crippen LogP contribution is -2.27. The van der Waals surface area contributed by atoms with Crippen LogP contribution in [-0.2, 0) is 0 Å². The second-order valence-electron chi connectivity index (χ2n) is 6.04. The molecule has 2 aromatic rings. The molecule has 21 heavy (non-hydrogen) atoms. The predicted molar refractivity (Wildman–Crippen MR) is 90.7 cm³/mol. The Bertz CT molecular complexity index is 558. The molecular formula is C19H29NO. The standard InChI is InChI=1S/C19H29NO/c1-5-8-9-15(6-2)19(20-7-3)18-13-16-12-14(4)10-11-17(16)21-18/h10-13,15,19-20H,5-9H2,1-4H3. The molecule has 1 heterocycles. The summed E-state index contributed by atoms with van der Waals surface area (Å²) in [7, 11) is 0. The molecule has 0 saturated carbocycles. The molecule has 0 bridgehead atoms. The summed E-state index contributed by atoms with van der Waals surface area (Å²) in [5, 5.41) is 4.86. The van der Waals surface area contributed by atoms with Gasteiger partial charge in [-0.1, -0.05) is 51.7 Å². The molecule has 0 radical (unpaired) electrons. The van der Waals surface area contributed by atoms with Gasteiger partial charge in [-0.25, -0.2) is 0 Å². The highest BCUT2D eigenvalue weighted by Crippen LogP contribution is 2.33. The van der Waals surface area contributed by atoms with Crippen molar-refractivity contribution in [2.45, 2.75) is 59.4 Å². The quantitative estimate of drug-likeness (QED) is 0.682. The number of benzene rings is 1. The van der Waals surface area contributed by atoms with E-state index in [1.165, 1.54) is 36.6 Å². The Kier molecular flexibility index (Phi) is 5.86. The van der Waals surface area contributed by atoms with Gasteiger partial charge in [-0.05, 0) is 44.0 Å². The number of hydrogen-bond acceptors (Lipinski definition) is 2. The van der Waals surface area contributed by atoms with Crippen LogP contribution >= 0.6 is 0 Å². The SMILES string of the molecule is CCCCC(CC)C(NCC)c1cc2cc(C)ccc2o1. The number of unbranched alkanes of at least 4 members (excludes halogenated alkanes) is 1. The van der Waals surface area contributed by atoms with Crippen LogP contribution in [0.4, 0.5) is 0 Å². The Hall–Kier alpha value is -1.28. The summed E-state index contributed by atoms with van der Waals surface area (Å²) in [6, 6.07) is 8.97. The first-order chi connectivity index (χ1) is 10.2. The van der Waals surface area contributed by atoms with Gasteiger partial charge in [0.15, 0.2) is 0 Å². The first-order valence-electron chi connectivity index (χ1n) is 8.43. The van der Waals surface area contributed by atoms with Gasteiger partial charge >= 0.3 is 0 Å². The van der Waals surface area contributed by atoms with Crippen molar-refractivity contribution < 1.29 is 4.42 Å². The molecule has 0 amide bonds. The van der Waals surface area contributed by atoms with Gasteiger partial charge < -0.3 is 9.73 Å². The van der Waals surface area contributed by atoms with Gasteiger partial charge in [0.05, 0.1) is 6.04 Å². The van der Waals surface area contributed by atoms with E-state index in [0.29, 0.717) is 12.0 Å². The van der Waals surface area contributed by atoms with E-state index < -0.39 is 0 Å². The molecular weight excluding hydrogens is 258 g/mol. The Balaban J connectivity index is 2.29. The molecule has 1 aromatic heterocycles. The van der Waals surface area contributed by atoms with E-state index in [2.05, 4.69) is 57.3 Å². The third-order valence-electron chi connectivity index (χ3n) is 4.35. The van der Waals surface area contributed by atoms with Crippen molar-refractivity contribution in [2.24, 2.45) is 5.92 Å². The second kappa shape index (κ2) is 7.65. The lowest BCUT2D eigenvalue weighted by Gasteiger charge is -2.25. The minimum Gasteiger partial charge on any atom is -0.459 e. The van der Waals surface area contributed by atoms with Crippen LogP contribution in [0.3, 0.4) is 0 Å². The first-order valence-corrected chi connectivity index (χ1v) is 8.43. The predicted octanol–water partition coefficient (Wildman–Crippen LogP) is 5.61. The lowest BCUT2D eigenvalue weighted by molar-refractivity contribution is 0.291. The van der Waals surface area contributed by atoms with Crippen LogP contribution < -0.4 is 5.32 Å². The fourth-order valence-electron chi connectivity index (χ4n) is 3.13. The zero-order valence-electron chi connectivity index (χ0n) is 13.9. The number of hydrogen-bond donors (Lipinski definition) is 1. The maximum atomic E-state index is 6.14. The Labute approximate surface area is 128 Å². The number of furan rings is 1. The molecule has 1 N–H and O–H groups in total. The van der Waals surface area contributed by atoms with Gasteiger partial charge in [0, 0.05) is 5.39 Å². The molecule has 116 valence electrons. The van der Waals surface area contributed by atoms with Gasteiger partial charge in [-0.3, -0.25) is 0 Å². The van der Waals surface area contributed by atoms with Crippen molar-refractivity contribution >= 4 is 11.0 Å². The number of fused-ring (bicyclic) bond motifs is 1. The zero-order valence-corrected chi connectivity index (χ0v) is 13.9. The van der Waals surface area contributed by atoms with E-state index in [-0.39, 0.29) is 0 Å². The van der Waals surface area contributed by atoms with E-state index in [9.17, 15) is 0 Å².